The number of methoxy groups -OCH3 is 1. The number of benzene rings is 1. The molecule has 0 spiro atoms. The van der Waals surface area contributed by atoms with Crippen molar-refractivity contribution in [3.05, 3.63) is 22.2 Å². The molecule has 25 heavy (non-hydrogen) atoms. The molecule has 2 aliphatic rings. The maximum Gasteiger partial charge on any atom is 0.325 e. The second-order valence-electron chi connectivity index (χ2n) is 6.65. The fourth-order valence-corrected chi connectivity index (χ4v) is 3.70. The van der Waals surface area contributed by atoms with Gasteiger partial charge in [0.2, 0.25) is 5.91 Å². The summed E-state index contributed by atoms with van der Waals surface area (Å²) in [7, 11) is 1.51. The van der Waals surface area contributed by atoms with Crippen molar-refractivity contribution < 1.29 is 19.1 Å². The number of nitrogens with one attached hydrogen (secondary N) is 2. The van der Waals surface area contributed by atoms with Crippen LogP contribution < -0.4 is 15.4 Å². The van der Waals surface area contributed by atoms with Crippen LogP contribution in [-0.4, -0.2) is 41.9 Å². The summed E-state index contributed by atoms with van der Waals surface area (Å²) < 4.78 is 6.12. The van der Waals surface area contributed by atoms with Crippen molar-refractivity contribution in [2.75, 3.05) is 19.0 Å². The number of urea groups is 1. The first-order chi connectivity index (χ1) is 11.8. The number of anilines is 1. The van der Waals surface area contributed by atoms with Gasteiger partial charge in [-0.3, -0.25) is 14.5 Å². The van der Waals surface area contributed by atoms with Gasteiger partial charge in [-0.15, -0.1) is 0 Å². The minimum atomic E-state index is -0.886. The van der Waals surface area contributed by atoms with E-state index in [1.54, 1.807) is 13.0 Å². The van der Waals surface area contributed by atoms with E-state index in [4.69, 9.17) is 4.74 Å². The monoisotopic (exact) mass is 409 g/mol. The maximum atomic E-state index is 12.6. The van der Waals surface area contributed by atoms with E-state index in [2.05, 4.69) is 26.6 Å². The third kappa shape index (κ3) is 3.22. The first-order valence-corrected chi connectivity index (χ1v) is 8.83. The molecular formula is C17H20BrN3O4. The van der Waals surface area contributed by atoms with Gasteiger partial charge in [0.05, 0.1) is 12.8 Å². The largest absolute Gasteiger partial charge is 0.495 e. The highest BCUT2D eigenvalue weighted by Gasteiger charge is 2.56. The molecule has 1 unspecified atom stereocenters. The van der Waals surface area contributed by atoms with Crippen LogP contribution >= 0.6 is 15.9 Å². The number of nitrogens with zero attached hydrogens (tertiary/aromatic N) is 1. The molecule has 2 fully saturated rings. The maximum absolute atomic E-state index is 12.6. The van der Waals surface area contributed by atoms with Gasteiger partial charge in [-0.1, -0.05) is 15.9 Å². The summed E-state index contributed by atoms with van der Waals surface area (Å²) in [5.41, 5.74) is 0.440. The van der Waals surface area contributed by atoms with Crippen LogP contribution in [0.25, 0.3) is 0 Å². The van der Waals surface area contributed by atoms with Gasteiger partial charge in [-0.25, -0.2) is 4.79 Å². The lowest BCUT2D eigenvalue weighted by Crippen LogP contribution is -2.46. The average molecular weight is 410 g/mol. The number of imide groups is 1. The Labute approximate surface area is 154 Å². The Morgan fingerprint density at radius 1 is 1.44 bits per heavy atom. The zero-order chi connectivity index (χ0) is 18.4. The molecule has 134 valence electrons. The summed E-state index contributed by atoms with van der Waals surface area (Å²) in [6.45, 7) is 3.23. The highest BCUT2D eigenvalue weighted by molar-refractivity contribution is 9.10. The van der Waals surface area contributed by atoms with Crippen LogP contribution in [0.2, 0.25) is 0 Å². The topological polar surface area (TPSA) is 87.7 Å². The molecule has 8 heteroatoms. The molecule has 1 saturated heterocycles. The molecule has 1 saturated carbocycles. The van der Waals surface area contributed by atoms with E-state index in [9.17, 15) is 14.4 Å². The van der Waals surface area contributed by atoms with Crippen LogP contribution in [0.4, 0.5) is 10.5 Å². The summed E-state index contributed by atoms with van der Waals surface area (Å²) in [4.78, 5) is 38.1. The van der Waals surface area contributed by atoms with E-state index >= 15 is 0 Å². The van der Waals surface area contributed by atoms with E-state index in [-0.39, 0.29) is 18.4 Å². The summed E-state index contributed by atoms with van der Waals surface area (Å²) in [6, 6.07) is 3.06. The molecule has 7 nitrogen and oxygen atoms in total. The number of amides is 4. The third-order valence-electron chi connectivity index (χ3n) is 4.75. The zero-order valence-corrected chi connectivity index (χ0v) is 15.9. The predicted octanol–water partition coefficient (Wildman–Crippen LogP) is 2.43. The summed E-state index contributed by atoms with van der Waals surface area (Å²) in [5, 5.41) is 5.47. The Bertz CT molecular complexity index is 763. The standard InChI is InChI=1S/C17H20BrN3O4/c1-9-6-11(18)7-12(25-3)14(9)19-13(22)8-21-15(23)17(2,10-4-5-10)20-16(21)24/h6-7,10H,4-5,8H2,1-3H3,(H,19,22)(H,20,24). The number of hydrogen-bond acceptors (Lipinski definition) is 4. The number of rotatable bonds is 5. The molecule has 4 amide bonds. The number of carbonyl (C=O) groups is 3. The minimum absolute atomic E-state index is 0.158. The highest BCUT2D eigenvalue weighted by Crippen LogP contribution is 2.42. The first kappa shape index (κ1) is 17.7. The fraction of sp³-hybridized carbons (Fsp3) is 0.471. The van der Waals surface area contributed by atoms with Crippen LogP contribution in [0.15, 0.2) is 16.6 Å². The molecule has 1 heterocycles. The van der Waals surface area contributed by atoms with Gasteiger partial charge < -0.3 is 15.4 Å². The van der Waals surface area contributed by atoms with Gasteiger partial charge >= 0.3 is 6.03 Å². The molecule has 1 aromatic carbocycles. The van der Waals surface area contributed by atoms with Gasteiger partial charge in [0.1, 0.15) is 17.8 Å². The molecule has 0 aromatic heterocycles. The Balaban J connectivity index is 1.73. The fourth-order valence-electron chi connectivity index (χ4n) is 3.15. The Kier molecular flexibility index (Phi) is 4.49. The van der Waals surface area contributed by atoms with E-state index < -0.39 is 17.5 Å². The highest BCUT2D eigenvalue weighted by atomic mass is 79.9. The number of aryl methyl sites for hydroxylation is 1. The zero-order valence-electron chi connectivity index (χ0n) is 14.3. The van der Waals surface area contributed by atoms with Crippen LogP contribution in [0.1, 0.15) is 25.3 Å². The molecule has 3 rings (SSSR count). The Morgan fingerprint density at radius 2 is 2.12 bits per heavy atom. The molecule has 1 atom stereocenters. The van der Waals surface area contributed by atoms with Crippen LogP contribution in [0.5, 0.6) is 5.75 Å². The van der Waals surface area contributed by atoms with Crippen molar-refractivity contribution in [3.8, 4) is 5.75 Å². The predicted molar refractivity (Wildman–Crippen MR) is 95.4 cm³/mol. The van der Waals surface area contributed by atoms with Crippen LogP contribution in [0.3, 0.4) is 0 Å². The van der Waals surface area contributed by atoms with Gasteiger partial charge in [-0.2, -0.15) is 0 Å². The number of carbonyl (C=O) groups excluding carboxylic acids is 3. The molecule has 1 aliphatic heterocycles. The SMILES string of the molecule is COc1cc(Br)cc(C)c1NC(=O)CN1C(=O)NC(C)(C2CC2)C1=O. The number of halogens is 1. The van der Waals surface area contributed by atoms with E-state index in [1.807, 2.05) is 13.0 Å². The van der Waals surface area contributed by atoms with Crippen LogP contribution in [0, 0.1) is 12.8 Å². The van der Waals surface area contributed by atoms with E-state index in [0.717, 1.165) is 27.8 Å². The summed E-state index contributed by atoms with van der Waals surface area (Å²) >= 11 is 3.37. The van der Waals surface area contributed by atoms with E-state index in [0.29, 0.717) is 11.4 Å². The lowest BCUT2D eigenvalue weighted by atomic mass is 9.96. The van der Waals surface area contributed by atoms with Gasteiger partial charge in [-0.05, 0) is 50.3 Å². The molecular weight excluding hydrogens is 390 g/mol. The normalized spacial score (nSPS) is 22.8. The molecule has 0 radical (unpaired) electrons. The van der Waals surface area contributed by atoms with Gasteiger partial charge in [0.25, 0.3) is 5.91 Å². The Morgan fingerprint density at radius 3 is 2.72 bits per heavy atom. The smallest absolute Gasteiger partial charge is 0.325 e. The van der Waals surface area contributed by atoms with Crippen molar-refractivity contribution in [2.24, 2.45) is 5.92 Å². The summed E-state index contributed by atoms with van der Waals surface area (Å²) in [6.07, 6.45) is 1.83. The molecule has 2 N–H and O–H groups in total. The minimum Gasteiger partial charge on any atom is -0.495 e. The lowest BCUT2D eigenvalue weighted by Gasteiger charge is -2.21. The van der Waals surface area contributed by atoms with Gasteiger partial charge in [0.15, 0.2) is 0 Å². The van der Waals surface area contributed by atoms with Crippen molar-refractivity contribution in [1.29, 1.82) is 0 Å². The molecule has 1 aliphatic carbocycles. The second-order valence-corrected chi connectivity index (χ2v) is 7.56. The Hall–Kier alpha value is -2.09. The third-order valence-corrected chi connectivity index (χ3v) is 5.20. The first-order valence-electron chi connectivity index (χ1n) is 8.04. The molecule has 1 aromatic rings. The number of ether oxygens (including phenoxy) is 1. The van der Waals surface area contributed by atoms with Crippen molar-refractivity contribution in [3.63, 3.8) is 0 Å². The van der Waals surface area contributed by atoms with Crippen molar-refractivity contribution in [2.45, 2.75) is 32.2 Å². The van der Waals surface area contributed by atoms with Crippen molar-refractivity contribution in [1.82, 2.24) is 10.2 Å². The average Bonchev–Trinajstić information content (AvgIpc) is 3.36. The lowest BCUT2D eigenvalue weighted by molar-refractivity contribution is -0.134. The number of hydrogen-bond donors (Lipinski definition) is 2. The molecule has 0 bridgehead atoms. The van der Waals surface area contributed by atoms with E-state index in [1.165, 1.54) is 7.11 Å². The van der Waals surface area contributed by atoms with Crippen LogP contribution in [-0.2, 0) is 9.59 Å². The quantitative estimate of drug-likeness (QED) is 0.730. The van der Waals surface area contributed by atoms with Crippen molar-refractivity contribution >= 4 is 39.5 Å². The second kappa shape index (κ2) is 6.33. The van der Waals surface area contributed by atoms with Gasteiger partial charge in [0, 0.05) is 4.47 Å². The summed E-state index contributed by atoms with van der Waals surface area (Å²) in [5.74, 6) is -0.132.